The van der Waals surface area contributed by atoms with Crippen molar-refractivity contribution in [1.82, 2.24) is 5.32 Å². The maximum atomic E-state index is 13.3. The molecule has 2 aliphatic rings. The van der Waals surface area contributed by atoms with E-state index in [0.717, 1.165) is 64.2 Å². The van der Waals surface area contributed by atoms with E-state index >= 15 is 0 Å². The molecule has 1 spiro atoms. The lowest BCUT2D eigenvalue weighted by molar-refractivity contribution is -0.165. The first-order chi connectivity index (χ1) is 17.5. The topological polar surface area (TPSA) is 150 Å². The van der Waals surface area contributed by atoms with E-state index in [0.29, 0.717) is 25.7 Å². The molecule has 0 aliphatic carbocycles. The van der Waals surface area contributed by atoms with Crippen LogP contribution in [0.5, 0.6) is 0 Å². The molecule has 0 aromatic carbocycles. The van der Waals surface area contributed by atoms with E-state index in [1.807, 2.05) is 0 Å². The smallest absolute Gasteiger partial charge is 0.316 e. The standard InChI is InChI=1S/C27H52N6O3/c1-2-3-4-5-6-7-8-10-13-17-22-23(27(18-16-21-36-27)33-26(30)32-22)24(34)35-20-15-12-9-11-14-19-31-25(28)29/h22-23H,2-21H2,1H3,(H4,28,29,31)(H3,30,32,33)/t22-,23-,27+/m1/s1. The summed E-state index contributed by atoms with van der Waals surface area (Å²) in [5.41, 5.74) is 16.0. The molecule has 208 valence electrons. The normalized spacial score (nSPS) is 23.3. The lowest BCUT2D eigenvalue weighted by atomic mass is 9.82. The third-order valence-corrected chi connectivity index (χ3v) is 7.28. The number of nitrogens with one attached hydrogen (secondary N) is 1. The van der Waals surface area contributed by atoms with Crippen LogP contribution in [0.2, 0.25) is 0 Å². The molecule has 0 bridgehead atoms. The van der Waals surface area contributed by atoms with Gasteiger partial charge >= 0.3 is 5.97 Å². The minimum absolute atomic E-state index is 0.144. The summed E-state index contributed by atoms with van der Waals surface area (Å²) >= 11 is 0. The van der Waals surface area contributed by atoms with Crippen LogP contribution < -0.4 is 22.5 Å². The molecule has 0 amide bonds. The van der Waals surface area contributed by atoms with Gasteiger partial charge in [0.2, 0.25) is 0 Å². The van der Waals surface area contributed by atoms with E-state index in [-0.39, 0.29) is 18.0 Å². The molecule has 2 rings (SSSR count). The van der Waals surface area contributed by atoms with Crippen LogP contribution in [0.15, 0.2) is 9.98 Å². The van der Waals surface area contributed by atoms with Crippen molar-refractivity contribution >= 4 is 17.9 Å². The Labute approximate surface area is 218 Å². The molecule has 36 heavy (non-hydrogen) atoms. The molecule has 1 fully saturated rings. The molecular formula is C27H52N6O3. The molecule has 9 nitrogen and oxygen atoms in total. The van der Waals surface area contributed by atoms with Gasteiger partial charge in [-0.1, -0.05) is 84.0 Å². The molecule has 0 aromatic rings. The highest BCUT2D eigenvalue weighted by molar-refractivity contribution is 5.84. The third-order valence-electron chi connectivity index (χ3n) is 7.28. The second kappa shape index (κ2) is 17.4. The van der Waals surface area contributed by atoms with Crippen LogP contribution in [0, 0.1) is 5.92 Å². The zero-order valence-corrected chi connectivity index (χ0v) is 22.6. The molecule has 7 N–H and O–H groups in total. The van der Waals surface area contributed by atoms with E-state index in [1.165, 1.54) is 44.9 Å². The van der Waals surface area contributed by atoms with Crippen LogP contribution in [0.1, 0.15) is 116 Å². The average molecular weight is 509 g/mol. The third kappa shape index (κ3) is 10.9. The monoisotopic (exact) mass is 508 g/mol. The first-order valence-electron chi connectivity index (χ1n) is 14.5. The van der Waals surface area contributed by atoms with Gasteiger partial charge in [-0.05, 0) is 32.1 Å². The van der Waals surface area contributed by atoms with Crippen molar-refractivity contribution in [1.29, 1.82) is 0 Å². The summed E-state index contributed by atoms with van der Waals surface area (Å²) in [5, 5.41) is 3.20. The van der Waals surface area contributed by atoms with Gasteiger partial charge < -0.3 is 32.0 Å². The fraction of sp³-hybridized carbons (Fsp3) is 0.889. The number of carbonyl (C=O) groups excluding carboxylic acids is 1. The number of unbranched alkanes of at least 4 members (excludes halogenated alkanes) is 12. The summed E-state index contributed by atoms with van der Waals surface area (Å²) < 4.78 is 11.9. The molecule has 0 radical (unpaired) electrons. The van der Waals surface area contributed by atoms with Crippen molar-refractivity contribution in [3.8, 4) is 0 Å². The highest BCUT2D eigenvalue weighted by Crippen LogP contribution is 2.38. The van der Waals surface area contributed by atoms with Crippen LogP contribution in [0.25, 0.3) is 0 Å². The molecule has 2 aliphatic heterocycles. The molecular weight excluding hydrogens is 456 g/mol. The van der Waals surface area contributed by atoms with Crippen molar-refractivity contribution in [2.24, 2.45) is 33.1 Å². The van der Waals surface area contributed by atoms with Crippen molar-refractivity contribution < 1.29 is 14.3 Å². The molecule has 1 saturated heterocycles. The van der Waals surface area contributed by atoms with Crippen molar-refractivity contribution in [2.45, 2.75) is 128 Å². The molecule has 3 atom stereocenters. The highest BCUT2D eigenvalue weighted by Gasteiger charge is 2.53. The summed E-state index contributed by atoms with van der Waals surface area (Å²) in [5.74, 6) is -0.150. The van der Waals surface area contributed by atoms with Gasteiger partial charge in [0.25, 0.3) is 0 Å². The van der Waals surface area contributed by atoms with Gasteiger partial charge in [0.05, 0.1) is 12.6 Å². The number of esters is 1. The van der Waals surface area contributed by atoms with Crippen molar-refractivity contribution in [3.05, 3.63) is 0 Å². The Kier molecular flexibility index (Phi) is 14.6. The highest BCUT2D eigenvalue weighted by atomic mass is 16.5. The van der Waals surface area contributed by atoms with E-state index in [9.17, 15) is 4.79 Å². The van der Waals surface area contributed by atoms with Crippen LogP contribution >= 0.6 is 0 Å². The second-order valence-electron chi connectivity index (χ2n) is 10.4. The summed E-state index contributed by atoms with van der Waals surface area (Å²) in [4.78, 5) is 21.9. The van der Waals surface area contributed by atoms with Crippen molar-refractivity contribution in [3.63, 3.8) is 0 Å². The van der Waals surface area contributed by atoms with Gasteiger partial charge in [-0.15, -0.1) is 0 Å². The van der Waals surface area contributed by atoms with E-state index < -0.39 is 11.6 Å². The minimum Gasteiger partial charge on any atom is -0.465 e. The molecule has 2 heterocycles. The summed E-state index contributed by atoms with van der Waals surface area (Å²) in [6.07, 6.45) is 18.8. The van der Waals surface area contributed by atoms with Crippen LogP contribution in [-0.4, -0.2) is 49.4 Å². The minimum atomic E-state index is -0.780. The lowest BCUT2D eigenvalue weighted by Gasteiger charge is -2.42. The summed E-state index contributed by atoms with van der Waals surface area (Å²) in [6, 6.07) is -0.197. The Morgan fingerprint density at radius 3 is 2.31 bits per heavy atom. The number of carbonyl (C=O) groups is 1. The van der Waals surface area contributed by atoms with E-state index in [2.05, 4.69) is 22.2 Å². The molecule has 0 saturated carbocycles. The van der Waals surface area contributed by atoms with Gasteiger partial charge in [0, 0.05) is 13.2 Å². The average Bonchev–Trinajstić information content (AvgIpc) is 3.29. The summed E-state index contributed by atoms with van der Waals surface area (Å²) in [7, 11) is 0. The maximum absolute atomic E-state index is 13.3. The van der Waals surface area contributed by atoms with Gasteiger partial charge in [-0.25, -0.2) is 4.99 Å². The summed E-state index contributed by atoms with van der Waals surface area (Å²) in [6.45, 7) is 3.96. The number of guanidine groups is 2. The largest absolute Gasteiger partial charge is 0.465 e. The lowest BCUT2D eigenvalue weighted by Crippen LogP contribution is -2.64. The van der Waals surface area contributed by atoms with E-state index in [4.69, 9.17) is 26.7 Å². The molecule has 9 heteroatoms. The fourth-order valence-corrected chi connectivity index (χ4v) is 5.35. The van der Waals surface area contributed by atoms with Crippen LogP contribution in [0.4, 0.5) is 0 Å². The van der Waals surface area contributed by atoms with Crippen LogP contribution in [-0.2, 0) is 14.3 Å². The van der Waals surface area contributed by atoms with Gasteiger partial charge in [0.15, 0.2) is 17.6 Å². The number of nitrogens with two attached hydrogens (primary N) is 3. The fourth-order valence-electron chi connectivity index (χ4n) is 5.35. The first-order valence-corrected chi connectivity index (χ1v) is 14.5. The predicted molar refractivity (Wildman–Crippen MR) is 147 cm³/mol. The number of rotatable bonds is 19. The number of nitrogens with zero attached hydrogens (tertiary/aromatic N) is 2. The zero-order valence-electron chi connectivity index (χ0n) is 22.6. The predicted octanol–water partition coefficient (Wildman–Crippen LogP) is 4.08. The van der Waals surface area contributed by atoms with Gasteiger partial charge in [-0.2, -0.15) is 0 Å². The van der Waals surface area contributed by atoms with Crippen molar-refractivity contribution in [2.75, 3.05) is 19.8 Å². The Morgan fingerprint density at radius 2 is 1.67 bits per heavy atom. The molecule has 0 unspecified atom stereocenters. The van der Waals surface area contributed by atoms with Crippen LogP contribution in [0.3, 0.4) is 0 Å². The Bertz CT molecular complexity index is 674. The number of ether oxygens (including phenoxy) is 2. The van der Waals surface area contributed by atoms with Gasteiger partial charge in [0.1, 0.15) is 5.92 Å². The number of hydrogen-bond donors (Lipinski definition) is 4. The Morgan fingerprint density at radius 1 is 1.03 bits per heavy atom. The molecule has 0 aromatic heterocycles. The van der Waals surface area contributed by atoms with E-state index in [1.54, 1.807) is 0 Å². The zero-order chi connectivity index (χ0) is 26.1. The Hall–Kier alpha value is -2.03. The second-order valence-corrected chi connectivity index (χ2v) is 10.4. The first kappa shape index (κ1) is 30.2. The SMILES string of the molecule is CCCCCCCCCCC[C@H]1N=C(N)N[C@]2(CCCO2)[C@H]1C(=O)OCCCCCCCN=C(N)N. The number of aliphatic imine (C=N–C) groups is 2. The Balaban J connectivity index is 1.76. The van der Waals surface area contributed by atoms with Gasteiger partial charge in [-0.3, -0.25) is 9.79 Å². The quantitative estimate of drug-likeness (QED) is 0.0888. The maximum Gasteiger partial charge on any atom is 0.316 e. The number of hydrogen-bond acceptors (Lipinski definition) is 7.